The quantitative estimate of drug-likeness (QED) is 0.240. The highest BCUT2D eigenvalue weighted by atomic mass is 16.7. The summed E-state index contributed by atoms with van der Waals surface area (Å²) in [7, 11) is 0. The predicted molar refractivity (Wildman–Crippen MR) is 124 cm³/mol. The number of carbonyl (C=O) groups is 1. The minimum atomic E-state index is -0.641. The van der Waals surface area contributed by atoms with Gasteiger partial charge in [-0.3, -0.25) is 0 Å². The molecule has 0 bridgehead atoms. The number of benzene rings is 2. The standard InChI is InChI=1S/C27H34O3/c1-3-5-7-21-8-10-22(11-9-21)23-12-14-24(15-13-23)25-16-18-26(19-17-25)30-27(28)29-20-6-4-2/h10,12-19,21H,3-9,11,20H2,1-2H3. The maximum absolute atomic E-state index is 11.7. The molecule has 0 aliphatic heterocycles. The van der Waals surface area contributed by atoms with E-state index in [-0.39, 0.29) is 0 Å². The Hall–Kier alpha value is -2.55. The first-order valence-corrected chi connectivity index (χ1v) is 11.4. The van der Waals surface area contributed by atoms with E-state index in [0.29, 0.717) is 12.4 Å². The van der Waals surface area contributed by atoms with Crippen LogP contribution in [0.15, 0.2) is 54.6 Å². The molecule has 160 valence electrons. The van der Waals surface area contributed by atoms with Gasteiger partial charge in [0.25, 0.3) is 0 Å². The second kappa shape index (κ2) is 11.6. The molecule has 2 aromatic carbocycles. The van der Waals surface area contributed by atoms with Crippen molar-refractivity contribution in [3.8, 4) is 16.9 Å². The van der Waals surface area contributed by atoms with Gasteiger partial charge in [-0.05, 0) is 66.0 Å². The molecule has 0 spiro atoms. The number of hydrogen-bond donors (Lipinski definition) is 0. The fourth-order valence-corrected chi connectivity index (χ4v) is 3.92. The third-order valence-corrected chi connectivity index (χ3v) is 5.85. The van der Waals surface area contributed by atoms with Crippen molar-refractivity contribution in [2.24, 2.45) is 5.92 Å². The van der Waals surface area contributed by atoms with Gasteiger partial charge >= 0.3 is 6.16 Å². The Labute approximate surface area is 181 Å². The van der Waals surface area contributed by atoms with Crippen molar-refractivity contribution < 1.29 is 14.3 Å². The number of allylic oxidation sites excluding steroid dienone is 2. The summed E-state index contributed by atoms with van der Waals surface area (Å²) in [5.74, 6) is 1.37. The molecular formula is C27H34O3. The molecule has 1 aliphatic carbocycles. The van der Waals surface area contributed by atoms with Crippen LogP contribution in [-0.2, 0) is 4.74 Å². The van der Waals surface area contributed by atoms with E-state index in [9.17, 15) is 4.79 Å². The second-order valence-corrected chi connectivity index (χ2v) is 8.17. The molecule has 0 radical (unpaired) electrons. The zero-order valence-electron chi connectivity index (χ0n) is 18.4. The van der Waals surface area contributed by atoms with Gasteiger partial charge in [-0.1, -0.05) is 82.0 Å². The highest BCUT2D eigenvalue weighted by Gasteiger charge is 2.15. The lowest BCUT2D eigenvalue weighted by molar-refractivity contribution is 0.0978. The van der Waals surface area contributed by atoms with E-state index >= 15 is 0 Å². The number of ether oxygens (including phenoxy) is 2. The molecule has 3 heteroatoms. The highest BCUT2D eigenvalue weighted by molar-refractivity contribution is 5.71. The maximum Gasteiger partial charge on any atom is 0.513 e. The van der Waals surface area contributed by atoms with E-state index < -0.39 is 6.16 Å². The van der Waals surface area contributed by atoms with Crippen molar-refractivity contribution in [3.63, 3.8) is 0 Å². The Morgan fingerprint density at radius 2 is 1.53 bits per heavy atom. The van der Waals surface area contributed by atoms with Crippen LogP contribution in [0.5, 0.6) is 5.75 Å². The smallest absolute Gasteiger partial charge is 0.434 e. The average Bonchev–Trinajstić information content (AvgIpc) is 2.79. The van der Waals surface area contributed by atoms with Gasteiger partial charge in [0.1, 0.15) is 5.75 Å². The lowest BCUT2D eigenvalue weighted by Crippen LogP contribution is -2.11. The average molecular weight is 407 g/mol. The van der Waals surface area contributed by atoms with Crippen molar-refractivity contribution in [1.82, 2.24) is 0 Å². The normalized spacial score (nSPS) is 16.1. The third kappa shape index (κ3) is 6.48. The summed E-state index contributed by atoms with van der Waals surface area (Å²) in [5.41, 5.74) is 5.08. The summed E-state index contributed by atoms with van der Waals surface area (Å²) < 4.78 is 10.2. The summed E-state index contributed by atoms with van der Waals surface area (Å²) >= 11 is 0. The fraction of sp³-hybridized carbons (Fsp3) is 0.444. The zero-order chi connectivity index (χ0) is 21.2. The van der Waals surface area contributed by atoms with Crippen LogP contribution in [0, 0.1) is 5.92 Å². The first kappa shape index (κ1) is 22.1. The van der Waals surface area contributed by atoms with Gasteiger partial charge in [0, 0.05) is 0 Å². The first-order chi connectivity index (χ1) is 14.7. The molecule has 30 heavy (non-hydrogen) atoms. The largest absolute Gasteiger partial charge is 0.513 e. The third-order valence-electron chi connectivity index (χ3n) is 5.85. The van der Waals surface area contributed by atoms with Crippen LogP contribution < -0.4 is 4.74 Å². The predicted octanol–water partition coefficient (Wildman–Crippen LogP) is 8.04. The van der Waals surface area contributed by atoms with E-state index in [4.69, 9.17) is 9.47 Å². The maximum atomic E-state index is 11.7. The lowest BCUT2D eigenvalue weighted by atomic mass is 9.84. The molecule has 0 fully saturated rings. The number of rotatable bonds is 9. The molecular weight excluding hydrogens is 372 g/mol. The molecule has 0 heterocycles. The van der Waals surface area contributed by atoms with Crippen LogP contribution in [0.25, 0.3) is 16.7 Å². The summed E-state index contributed by atoms with van der Waals surface area (Å²) in [5, 5.41) is 0. The summed E-state index contributed by atoms with van der Waals surface area (Å²) in [6.07, 6.45) is 11.4. The van der Waals surface area contributed by atoms with Gasteiger partial charge in [-0.15, -0.1) is 0 Å². The van der Waals surface area contributed by atoms with Crippen molar-refractivity contribution in [2.45, 2.75) is 65.2 Å². The molecule has 1 unspecified atom stereocenters. The van der Waals surface area contributed by atoms with E-state index in [2.05, 4.69) is 44.2 Å². The summed E-state index contributed by atoms with van der Waals surface area (Å²) in [4.78, 5) is 11.7. The van der Waals surface area contributed by atoms with Gasteiger partial charge < -0.3 is 9.47 Å². The SMILES string of the molecule is CCCCOC(=O)Oc1ccc(-c2ccc(C3=CCC(CCCC)CC3)cc2)cc1. The monoisotopic (exact) mass is 406 g/mol. The van der Waals surface area contributed by atoms with Gasteiger partial charge in [0.15, 0.2) is 0 Å². The summed E-state index contributed by atoms with van der Waals surface area (Å²) in [6.45, 7) is 4.72. The second-order valence-electron chi connectivity index (χ2n) is 8.17. The molecule has 0 aromatic heterocycles. The lowest BCUT2D eigenvalue weighted by Gasteiger charge is -2.22. The van der Waals surface area contributed by atoms with Gasteiger partial charge in [-0.2, -0.15) is 0 Å². The Morgan fingerprint density at radius 1 is 0.900 bits per heavy atom. The molecule has 2 aromatic rings. The molecule has 0 N–H and O–H groups in total. The number of carbonyl (C=O) groups excluding carboxylic acids is 1. The number of unbranched alkanes of at least 4 members (excludes halogenated alkanes) is 2. The van der Waals surface area contributed by atoms with Crippen molar-refractivity contribution >= 4 is 11.7 Å². The zero-order valence-corrected chi connectivity index (χ0v) is 18.4. The Balaban J connectivity index is 1.56. The van der Waals surface area contributed by atoms with Gasteiger partial charge in [0.05, 0.1) is 6.61 Å². The molecule has 0 saturated carbocycles. The Kier molecular flexibility index (Phi) is 8.55. The molecule has 1 atom stereocenters. The van der Waals surface area contributed by atoms with Crippen LogP contribution in [0.4, 0.5) is 4.79 Å². The molecule has 0 saturated heterocycles. The minimum absolute atomic E-state index is 0.398. The van der Waals surface area contributed by atoms with Crippen LogP contribution in [-0.4, -0.2) is 12.8 Å². The highest BCUT2D eigenvalue weighted by Crippen LogP contribution is 2.33. The fourth-order valence-electron chi connectivity index (χ4n) is 3.92. The van der Waals surface area contributed by atoms with Gasteiger partial charge in [0.2, 0.25) is 0 Å². The number of hydrogen-bond acceptors (Lipinski definition) is 3. The minimum Gasteiger partial charge on any atom is -0.434 e. The molecule has 0 amide bonds. The molecule has 3 rings (SSSR count). The van der Waals surface area contributed by atoms with Gasteiger partial charge in [-0.25, -0.2) is 4.79 Å². The molecule has 1 aliphatic rings. The van der Waals surface area contributed by atoms with Crippen LogP contribution in [0.1, 0.15) is 70.8 Å². The van der Waals surface area contributed by atoms with Crippen molar-refractivity contribution in [2.75, 3.05) is 6.61 Å². The van der Waals surface area contributed by atoms with Crippen LogP contribution >= 0.6 is 0 Å². The van der Waals surface area contributed by atoms with E-state index in [1.54, 1.807) is 0 Å². The van der Waals surface area contributed by atoms with Crippen LogP contribution in [0.3, 0.4) is 0 Å². The van der Waals surface area contributed by atoms with Crippen molar-refractivity contribution in [1.29, 1.82) is 0 Å². The molecule has 3 nitrogen and oxygen atoms in total. The van der Waals surface area contributed by atoms with Crippen molar-refractivity contribution in [3.05, 3.63) is 60.2 Å². The topological polar surface area (TPSA) is 35.5 Å². The van der Waals surface area contributed by atoms with E-state index in [1.807, 2.05) is 24.3 Å². The van der Waals surface area contributed by atoms with E-state index in [0.717, 1.165) is 29.9 Å². The van der Waals surface area contributed by atoms with E-state index in [1.165, 1.54) is 49.7 Å². The Bertz CT molecular complexity index is 818. The first-order valence-electron chi connectivity index (χ1n) is 11.4. The summed E-state index contributed by atoms with van der Waals surface area (Å²) in [6, 6.07) is 16.4. The Morgan fingerprint density at radius 3 is 2.13 bits per heavy atom. The van der Waals surface area contributed by atoms with Crippen LogP contribution in [0.2, 0.25) is 0 Å².